The van der Waals surface area contributed by atoms with Crippen LogP contribution < -0.4 is 15.4 Å². The maximum atomic E-state index is 14.3. The van der Waals surface area contributed by atoms with Gasteiger partial charge in [-0.2, -0.15) is 4.31 Å². The zero-order valence-electron chi connectivity index (χ0n) is 27.8. The summed E-state index contributed by atoms with van der Waals surface area (Å²) < 4.78 is 53.9. The van der Waals surface area contributed by atoms with Gasteiger partial charge in [0.1, 0.15) is 11.6 Å². The Labute approximate surface area is 282 Å². The van der Waals surface area contributed by atoms with Crippen LogP contribution in [0.1, 0.15) is 50.4 Å². The molecule has 4 atom stereocenters. The minimum Gasteiger partial charge on any atom is -0.490 e. The number of hydrogen-bond donors (Lipinski definition) is 3. The number of urea groups is 1. The van der Waals surface area contributed by atoms with Crippen molar-refractivity contribution >= 4 is 33.3 Å². The Bertz CT molecular complexity index is 1630. The van der Waals surface area contributed by atoms with Gasteiger partial charge in [-0.1, -0.05) is 25.1 Å². The zero-order valence-corrected chi connectivity index (χ0v) is 28.6. The number of fused-ring (bicyclic) bond motifs is 1. The van der Waals surface area contributed by atoms with Crippen molar-refractivity contribution in [3.63, 3.8) is 0 Å². The number of sulfonamides is 1. The minimum atomic E-state index is -3.96. The van der Waals surface area contributed by atoms with Crippen LogP contribution in [0, 0.1) is 11.7 Å². The number of aliphatic hydroxyl groups is 1. The van der Waals surface area contributed by atoms with Crippen LogP contribution in [0.15, 0.2) is 77.7 Å². The summed E-state index contributed by atoms with van der Waals surface area (Å²) in [5.41, 5.74) is 1.18. The van der Waals surface area contributed by atoms with Crippen molar-refractivity contribution in [2.45, 2.75) is 63.2 Å². The molecule has 3 amide bonds. The van der Waals surface area contributed by atoms with Gasteiger partial charge in [-0.15, -0.1) is 0 Å². The molecule has 0 saturated heterocycles. The van der Waals surface area contributed by atoms with Crippen molar-refractivity contribution in [3.05, 3.63) is 84.2 Å². The van der Waals surface area contributed by atoms with Gasteiger partial charge in [0.05, 0.1) is 35.3 Å². The van der Waals surface area contributed by atoms with Gasteiger partial charge in [-0.3, -0.25) is 4.79 Å². The Hall–Kier alpha value is -4.04. The molecule has 0 aromatic heterocycles. The second-order valence-corrected chi connectivity index (χ2v) is 14.2. The summed E-state index contributed by atoms with van der Waals surface area (Å²) >= 11 is 0. The van der Waals surface area contributed by atoms with Gasteiger partial charge in [0.25, 0.3) is 5.91 Å². The average Bonchev–Trinajstić information content (AvgIpc) is 3.06. The number of carbonyl (C=O) groups is 2. The summed E-state index contributed by atoms with van der Waals surface area (Å²) in [6.07, 6.45) is 1.28. The molecule has 1 aliphatic rings. The van der Waals surface area contributed by atoms with Crippen molar-refractivity contribution in [2.75, 3.05) is 44.0 Å². The molecule has 4 rings (SSSR count). The quantitative estimate of drug-likeness (QED) is 0.282. The molecule has 0 spiro atoms. The minimum absolute atomic E-state index is 0.0168. The van der Waals surface area contributed by atoms with Gasteiger partial charge in [-0.05, 0) is 87.7 Å². The van der Waals surface area contributed by atoms with Crippen LogP contribution in [0.2, 0.25) is 0 Å². The lowest BCUT2D eigenvalue weighted by molar-refractivity contribution is -0.00834. The third-order valence-electron chi connectivity index (χ3n) is 8.30. The number of rotatable bonds is 8. The highest BCUT2D eigenvalue weighted by Gasteiger charge is 2.32. The molecule has 0 fully saturated rings. The van der Waals surface area contributed by atoms with Gasteiger partial charge < -0.3 is 30.1 Å². The first-order valence-corrected chi connectivity index (χ1v) is 17.5. The third kappa shape index (κ3) is 9.75. The van der Waals surface area contributed by atoms with E-state index in [4.69, 9.17) is 9.47 Å². The topological polar surface area (TPSA) is 138 Å². The van der Waals surface area contributed by atoms with E-state index >= 15 is 0 Å². The van der Waals surface area contributed by atoms with E-state index < -0.39 is 39.9 Å². The largest absolute Gasteiger partial charge is 0.490 e. The Morgan fingerprint density at radius 2 is 1.73 bits per heavy atom. The van der Waals surface area contributed by atoms with Crippen molar-refractivity contribution < 1.29 is 37.0 Å². The van der Waals surface area contributed by atoms with E-state index in [-0.39, 0.29) is 42.2 Å². The number of nitrogens with zero attached hydrogens (tertiary/aromatic N) is 2. The number of nitrogens with one attached hydrogen (secondary N) is 2. The molecule has 3 aromatic carbocycles. The van der Waals surface area contributed by atoms with Crippen molar-refractivity contribution in [1.82, 2.24) is 9.21 Å². The summed E-state index contributed by atoms with van der Waals surface area (Å²) in [4.78, 5) is 28.6. The van der Waals surface area contributed by atoms with Crippen molar-refractivity contribution in [3.8, 4) is 5.75 Å². The third-order valence-corrected chi connectivity index (χ3v) is 10.1. The van der Waals surface area contributed by atoms with Crippen LogP contribution in [-0.4, -0.2) is 86.3 Å². The molecule has 0 saturated carbocycles. The number of likely N-dealkylation sites (N-methyl/N-ethyl adjacent to an activating group) is 1. The summed E-state index contributed by atoms with van der Waals surface area (Å²) in [6.45, 7) is 5.64. The van der Waals surface area contributed by atoms with Gasteiger partial charge >= 0.3 is 6.03 Å². The highest BCUT2D eigenvalue weighted by atomic mass is 32.2. The fourth-order valence-electron chi connectivity index (χ4n) is 5.42. The lowest BCUT2D eigenvalue weighted by Crippen LogP contribution is -2.48. The molecule has 0 radical (unpaired) electrons. The number of ether oxygens (including phenoxy) is 2. The first-order chi connectivity index (χ1) is 22.9. The smallest absolute Gasteiger partial charge is 0.323 e. The number of para-hydroxylation sites is 1. The Morgan fingerprint density at radius 1 is 1.04 bits per heavy atom. The van der Waals surface area contributed by atoms with E-state index in [2.05, 4.69) is 10.6 Å². The second kappa shape index (κ2) is 16.9. The van der Waals surface area contributed by atoms with E-state index in [9.17, 15) is 27.5 Å². The first-order valence-electron chi connectivity index (χ1n) is 16.1. The average molecular weight is 685 g/mol. The molecule has 48 heavy (non-hydrogen) atoms. The summed E-state index contributed by atoms with van der Waals surface area (Å²) in [5.74, 6) is -1.000. The standard InChI is InChI=1S/C35H45FN4O7S/c1-24-21-40(25(2)23-41)34(42)31-20-29(38-35(43)37-28-11-6-5-7-12-28)15-18-32(31)47-26(3)10-8-9-19-46-33(24)22-39(4)48(44,45)30-16-13-27(36)14-17-30/h5-7,11-18,20,24-26,33,41H,8-10,19,21-23H2,1-4H3,(H2,37,38,43)/t24-,25+,26-,33-/m0/s1. The molecule has 0 unspecified atom stereocenters. The van der Waals surface area contributed by atoms with Crippen LogP contribution in [0.3, 0.4) is 0 Å². The van der Waals surface area contributed by atoms with Crippen LogP contribution in [-0.2, 0) is 14.8 Å². The van der Waals surface area contributed by atoms with E-state index in [0.717, 1.165) is 18.6 Å². The lowest BCUT2D eigenvalue weighted by Gasteiger charge is -2.35. The van der Waals surface area contributed by atoms with Crippen molar-refractivity contribution in [2.24, 2.45) is 5.92 Å². The highest BCUT2D eigenvalue weighted by Crippen LogP contribution is 2.29. The highest BCUT2D eigenvalue weighted by molar-refractivity contribution is 7.89. The second-order valence-electron chi connectivity index (χ2n) is 12.2. The normalized spacial score (nSPS) is 20.3. The van der Waals surface area contributed by atoms with Crippen LogP contribution >= 0.6 is 0 Å². The lowest BCUT2D eigenvalue weighted by atomic mass is 10.0. The van der Waals surface area contributed by atoms with Crippen LogP contribution in [0.5, 0.6) is 5.75 Å². The number of halogens is 1. The van der Waals surface area contributed by atoms with Gasteiger partial charge in [0.15, 0.2) is 0 Å². The number of carbonyl (C=O) groups excluding carboxylic acids is 2. The van der Waals surface area contributed by atoms with E-state index in [0.29, 0.717) is 36.6 Å². The first kappa shape index (κ1) is 36.8. The molecule has 1 aliphatic heterocycles. The van der Waals surface area contributed by atoms with Gasteiger partial charge in [0, 0.05) is 44.0 Å². The number of benzene rings is 3. The molecule has 13 heteroatoms. The summed E-state index contributed by atoms with van der Waals surface area (Å²) in [7, 11) is -2.52. The number of hydrogen-bond acceptors (Lipinski definition) is 7. The molecular weight excluding hydrogens is 639 g/mol. The fourth-order valence-corrected chi connectivity index (χ4v) is 6.60. The molecule has 1 heterocycles. The SMILES string of the molecule is C[C@H](CO)N1C[C@H](C)[C@H](CN(C)S(=O)(=O)c2ccc(F)cc2)OCCCC[C@H](C)Oc2ccc(NC(=O)Nc3ccccc3)cc2C1=O. The maximum Gasteiger partial charge on any atom is 0.323 e. The predicted octanol–water partition coefficient (Wildman–Crippen LogP) is 5.59. The summed E-state index contributed by atoms with van der Waals surface area (Å²) in [5, 5.41) is 15.7. The zero-order chi connectivity index (χ0) is 34.8. The number of amides is 3. The molecule has 11 nitrogen and oxygen atoms in total. The Balaban J connectivity index is 1.62. The van der Waals surface area contributed by atoms with Gasteiger partial charge in [-0.25, -0.2) is 17.6 Å². The summed E-state index contributed by atoms with van der Waals surface area (Å²) in [6, 6.07) is 17.4. The molecular formula is C35H45FN4O7S. The molecule has 0 bridgehead atoms. The van der Waals surface area contributed by atoms with Gasteiger partial charge in [0.2, 0.25) is 10.0 Å². The van der Waals surface area contributed by atoms with Crippen LogP contribution in [0.25, 0.3) is 0 Å². The number of anilines is 2. The monoisotopic (exact) mass is 684 g/mol. The predicted molar refractivity (Wildman–Crippen MR) is 182 cm³/mol. The Kier molecular flexibility index (Phi) is 12.9. The molecule has 3 aromatic rings. The van der Waals surface area contributed by atoms with E-state index in [1.54, 1.807) is 49.4 Å². The maximum absolute atomic E-state index is 14.3. The van der Waals surface area contributed by atoms with E-state index in [1.165, 1.54) is 28.4 Å². The van der Waals surface area contributed by atoms with Crippen LogP contribution in [0.4, 0.5) is 20.6 Å². The molecule has 3 N–H and O–H groups in total. The fraction of sp³-hybridized carbons (Fsp3) is 0.429. The molecule has 260 valence electrons. The van der Waals surface area contributed by atoms with E-state index in [1.807, 2.05) is 19.9 Å². The number of aliphatic hydroxyl groups excluding tert-OH is 1. The molecule has 0 aliphatic carbocycles. The Morgan fingerprint density at radius 3 is 2.42 bits per heavy atom. The van der Waals surface area contributed by atoms with Crippen molar-refractivity contribution in [1.29, 1.82) is 0 Å².